The van der Waals surface area contributed by atoms with Crippen LogP contribution in [0.25, 0.3) is 0 Å². The van der Waals surface area contributed by atoms with Gasteiger partial charge in [0.2, 0.25) is 0 Å². The predicted octanol–water partition coefficient (Wildman–Crippen LogP) is 0.647. The Hall–Kier alpha value is -0.690. The zero-order valence-electron chi connectivity index (χ0n) is 9.32. The van der Waals surface area contributed by atoms with Crippen LogP contribution in [0.5, 0.6) is 0 Å². The van der Waals surface area contributed by atoms with Gasteiger partial charge in [0, 0.05) is 13.3 Å². The lowest BCUT2D eigenvalue weighted by molar-refractivity contribution is -0.116. The highest BCUT2D eigenvalue weighted by Crippen LogP contribution is 2.20. The van der Waals surface area contributed by atoms with E-state index in [1.165, 1.54) is 0 Å². The smallest absolute Gasteiger partial charge is 0.154 e. The Balaban J connectivity index is 2.85. The number of ketones is 1. The highest BCUT2D eigenvalue weighted by Gasteiger charge is 2.17. The Bertz CT molecular complexity index is 519. The predicted molar refractivity (Wildman–Crippen MR) is 64.1 cm³/mol. The maximum Gasteiger partial charge on any atom is 0.154 e. The highest BCUT2D eigenvalue weighted by molar-refractivity contribution is 9.10. The number of carbonyl (C=O) groups excluding carboxylic acids is 1. The summed E-state index contributed by atoms with van der Waals surface area (Å²) in [4.78, 5) is 11.5. The molecule has 0 saturated heterocycles. The van der Waals surface area contributed by atoms with Gasteiger partial charge in [0.25, 0.3) is 0 Å². The molecular weight excluding hydrogens is 296 g/mol. The first-order valence-electron chi connectivity index (χ1n) is 4.58. The zero-order valence-corrected chi connectivity index (χ0v) is 11.7. The van der Waals surface area contributed by atoms with Gasteiger partial charge in [0.05, 0.1) is 22.3 Å². The van der Waals surface area contributed by atoms with Gasteiger partial charge in [-0.2, -0.15) is 5.10 Å². The number of aryl methyl sites for hydroxylation is 2. The monoisotopic (exact) mass is 308 g/mol. The van der Waals surface area contributed by atoms with E-state index in [4.69, 9.17) is 0 Å². The molecule has 0 atom stereocenters. The van der Waals surface area contributed by atoms with Gasteiger partial charge in [-0.3, -0.25) is 9.48 Å². The third kappa shape index (κ3) is 3.41. The largest absolute Gasteiger partial charge is 0.298 e. The molecule has 1 heterocycles. The fourth-order valence-corrected chi connectivity index (χ4v) is 2.57. The molecule has 16 heavy (non-hydrogen) atoms. The number of carbonyl (C=O) groups is 1. The van der Waals surface area contributed by atoms with Crippen molar-refractivity contribution in [1.82, 2.24) is 9.78 Å². The summed E-state index contributed by atoms with van der Waals surface area (Å²) in [5, 5.41) is 4.13. The van der Waals surface area contributed by atoms with Gasteiger partial charge >= 0.3 is 0 Å². The Labute approximate surface area is 103 Å². The van der Waals surface area contributed by atoms with Crippen LogP contribution in [0, 0.1) is 6.92 Å². The van der Waals surface area contributed by atoms with E-state index in [1.807, 2.05) is 6.92 Å². The molecule has 0 unspecified atom stereocenters. The maximum absolute atomic E-state index is 11.5. The summed E-state index contributed by atoms with van der Waals surface area (Å²) in [6, 6.07) is 0. The lowest BCUT2D eigenvalue weighted by Gasteiger charge is -2.01. The SMILES string of the molecule is Cc1nn(C)c(CC(=O)CS(C)(=O)=O)c1Br. The highest BCUT2D eigenvalue weighted by atomic mass is 79.9. The average Bonchev–Trinajstić information content (AvgIpc) is 2.29. The summed E-state index contributed by atoms with van der Waals surface area (Å²) in [6.07, 6.45) is 1.12. The summed E-state index contributed by atoms with van der Waals surface area (Å²) >= 11 is 3.32. The number of nitrogens with zero attached hydrogens (tertiary/aromatic N) is 2. The van der Waals surface area contributed by atoms with Crippen LogP contribution in [0.2, 0.25) is 0 Å². The number of hydrogen-bond acceptors (Lipinski definition) is 4. The third-order valence-electron chi connectivity index (χ3n) is 2.05. The Morgan fingerprint density at radius 1 is 1.50 bits per heavy atom. The molecule has 1 aromatic heterocycles. The number of sulfone groups is 1. The second-order valence-electron chi connectivity index (χ2n) is 3.76. The van der Waals surface area contributed by atoms with Gasteiger partial charge in [-0.1, -0.05) is 0 Å². The minimum Gasteiger partial charge on any atom is -0.298 e. The number of rotatable bonds is 4. The molecule has 0 aromatic carbocycles. The molecule has 7 heteroatoms. The van der Waals surface area contributed by atoms with Crippen molar-refractivity contribution in [3.05, 3.63) is 15.9 Å². The van der Waals surface area contributed by atoms with Crippen molar-refractivity contribution in [3.63, 3.8) is 0 Å². The molecule has 90 valence electrons. The molecule has 5 nitrogen and oxygen atoms in total. The van der Waals surface area contributed by atoms with Crippen molar-refractivity contribution in [1.29, 1.82) is 0 Å². The van der Waals surface area contributed by atoms with Crippen LogP contribution in [-0.4, -0.2) is 36.0 Å². The van der Waals surface area contributed by atoms with E-state index in [0.29, 0.717) is 5.69 Å². The van der Waals surface area contributed by atoms with Gasteiger partial charge < -0.3 is 0 Å². The molecule has 0 bridgehead atoms. The second kappa shape index (κ2) is 4.67. The van der Waals surface area contributed by atoms with Crippen molar-refractivity contribution < 1.29 is 13.2 Å². The minimum atomic E-state index is -3.26. The van der Waals surface area contributed by atoms with E-state index < -0.39 is 15.6 Å². The number of hydrogen-bond donors (Lipinski definition) is 0. The van der Waals surface area contributed by atoms with Crippen LogP contribution in [0.4, 0.5) is 0 Å². The van der Waals surface area contributed by atoms with Crippen LogP contribution in [0.15, 0.2) is 4.47 Å². The molecule has 1 aromatic rings. The zero-order chi connectivity index (χ0) is 12.5. The van der Waals surface area contributed by atoms with E-state index >= 15 is 0 Å². The van der Waals surface area contributed by atoms with Crippen LogP contribution in [0.3, 0.4) is 0 Å². The van der Waals surface area contributed by atoms with E-state index in [9.17, 15) is 13.2 Å². The molecule has 0 aliphatic carbocycles. The molecule has 0 fully saturated rings. The molecule has 0 spiro atoms. The topological polar surface area (TPSA) is 69.0 Å². The molecular formula is C9H13BrN2O3S. The van der Waals surface area contributed by atoms with Crippen LogP contribution in [-0.2, 0) is 28.1 Å². The fourth-order valence-electron chi connectivity index (χ4n) is 1.40. The van der Waals surface area contributed by atoms with Crippen LogP contribution in [0.1, 0.15) is 11.4 Å². The lowest BCUT2D eigenvalue weighted by atomic mass is 10.2. The van der Waals surface area contributed by atoms with Gasteiger partial charge in [-0.25, -0.2) is 8.42 Å². The Kier molecular flexibility index (Phi) is 3.90. The van der Waals surface area contributed by atoms with Crippen molar-refractivity contribution >= 4 is 31.6 Å². The van der Waals surface area contributed by atoms with Crippen molar-refractivity contribution in [2.24, 2.45) is 7.05 Å². The van der Waals surface area contributed by atoms with Gasteiger partial charge in [-0.05, 0) is 22.9 Å². The number of halogens is 1. The number of Topliss-reactive ketones (excluding diaryl/α,β-unsaturated/α-hetero) is 1. The van der Waals surface area contributed by atoms with E-state index in [-0.39, 0.29) is 12.2 Å². The Morgan fingerprint density at radius 3 is 2.44 bits per heavy atom. The molecule has 0 aliphatic heterocycles. The normalized spacial score (nSPS) is 11.8. The lowest BCUT2D eigenvalue weighted by Crippen LogP contribution is -2.18. The van der Waals surface area contributed by atoms with Crippen LogP contribution < -0.4 is 0 Å². The number of aromatic nitrogens is 2. The van der Waals surface area contributed by atoms with Crippen LogP contribution >= 0.6 is 15.9 Å². The first kappa shape index (κ1) is 13.4. The summed E-state index contributed by atoms with van der Waals surface area (Å²) in [7, 11) is -1.53. The van der Waals surface area contributed by atoms with E-state index in [1.54, 1.807) is 11.7 Å². The van der Waals surface area contributed by atoms with Crippen molar-refractivity contribution in [2.75, 3.05) is 12.0 Å². The summed E-state index contributed by atoms with van der Waals surface area (Å²) < 4.78 is 24.2. The summed E-state index contributed by atoms with van der Waals surface area (Å²) in [5.74, 6) is -0.755. The van der Waals surface area contributed by atoms with E-state index in [0.717, 1.165) is 16.4 Å². The second-order valence-corrected chi connectivity index (χ2v) is 6.69. The first-order valence-corrected chi connectivity index (χ1v) is 7.43. The maximum atomic E-state index is 11.5. The molecule has 1 rings (SSSR count). The molecule has 0 aliphatic rings. The third-order valence-corrected chi connectivity index (χ3v) is 3.93. The summed E-state index contributed by atoms with van der Waals surface area (Å²) in [5.41, 5.74) is 1.48. The fraction of sp³-hybridized carbons (Fsp3) is 0.556. The summed E-state index contributed by atoms with van der Waals surface area (Å²) in [6.45, 7) is 1.81. The van der Waals surface area contributed by atoms with Gasteiger partial charge in [-0.15, -0.1) is 0 Å². The van der Waals surface area contributed by atoms with Gasteiger partial charge in [0.15, 0.2) is 15.6 Å². The van der Waals surface area contributed by atoms with E-state index in [2.05, 4.69) is 21.0 Å². The molecule has 0 saturated carbocycles. The van der Waals surface area contributed by atoms with Crippen molar-refractivity contribution in [3.8, 4) is 0 Å². The molecule has 0 amide bonds. The standard InChI is InChI=1S/C9H13BrN2O3S/c1-6-9(10)8(12(2)11-6)4-7(13)5-16(3,14)15/h4-5H2,1-3H3. The molecule has 0 N–H and O–H groups in total. The minimum absolute atomic E-state index is 0.0744. The average molecular weight is 309 g/mol. The van der Waals surface area contributed by atoms with Gasteiger partial charge in [0.1, 0.15) is 5.75 Å². The quantitative estimate of drug-likeness (QED) is 0.819. The van der Waals surface area contributed by atoms with Crippen molar-refractivity contribution in [2.45, 2.75) is 13.3 Å². The molecule has 0 radical (unpaired) electrons. The first-order chi connectivity index (χ1) is 7.20. The Morgan fingerprint density at radius 2 is 2.06 bits per heavy atom.